The molecule has 2 N–H and O–H groups in total. The molecule has 4 heterocycles. The summed E-state index contributed by atoms with van der Waals surface area (Å²) in [6.45, 7) is 3.58. The van der Waals surface area contributed by atoms with E-state index in [1.807, 2.05) is 29.2 Å². The molecule has 156 valence electrons. The lowest BCUT2D eigenvalue weighted by Gasteiger charge is -2.27. The van der Waals surface area contributed by atoms with Crippen LogP contribution in [0.15, 0.2) is 30.3 Å². The number of nitrogens with zero attached hydrogens (tertiary/aromatic N) is 5. The third-order valence-electron chi connectivity index (χ3n) is 5.92. The second-order valence-corrected chi connectivity index (χ2v) is 8.08. The molecule has 2 aromatic heterocycles. The van der Waals surface area contributed by atoms with E-state index in [4.69, 9.17) is 9.97 Å². The van der Waals surface area contributed by atoms with Crippen molar-refractivity contribution in [3.05, 3.63) is 36.0 Å². The first-order valence-corrected chi connectivity index (χ1v) is 10.9. The van der Waals surface area contributed by atoms with Gasteiger partial charge in [-0.3, -0.25) is 9.89 Å². The Bertz CT molecular complexity index is 1030. The number of carbonyl (C=O) groups is 1. The van der Waals surface area contributed by atoms with Gasteiger partial charge in [-0.05, 0) is 50.7 Å². The number of rotatable bonds is 4. The number of hydrogen-bond donors (Lipinski definition) is 2. The Kier molecular flexibility index (Phi) is 5.21. The fourth-order valence-corrected chi connectivity index (χ4v) is 4.28. The van der Waals surface area contributed by atoms with Gasteiger partial charge in [0.15, 0.2) is 5.69 Å². The monoisotopic (exact) mass is 405 g/mol. The van der Waals surface area contributed by atoms with Gasteiger partial charge in [0.05, 0.1) is 5.52 Å². The second kappa shape index (κ2) is 8.30. The van der Waals surface area contributed by atoms with Crippen LogP contribution in [-0.2, 0) is 0 Å². The molecule has 0 saturated carbocycles. The molecular weight excluding hydrogens is 378 g/mol. The van der Waals surface area contributed by atoms with E-state index in [9.17, 15) is 4.79 Å². The largest absolute Gasteiger partial charge is 0.341 e. The van der Waals surface area contributed by atoms with Crippen molar-refractivity contribution in [2.45, 2.75) is 38.5 Å². The van der Waals surface area contributed by atoms with E-state index in [0.29, 0.717) is 11.5 Å². The van der Waals surface area contributed by atoms with Gasteiger partial charge in [0.25, 0.3) is 5.91 Å². The van der Waals surface area contributed by atoms with E-state index in [1.165, 1.54) is 25.7 Å². The summed E-state index contributed by atoms with van der Waals surface area (Å²) in [5.41, 5.74) is 1.34. The summed E-state index contributed by atoms with van der Waals surface area (Å²) in [5.74, 6) is 2.12. The van der Waals surface area contributed by atoms with Crippen LogP contribution in [0.5, 0.6) is 0 Å². The number of likely N-dealkylation sites (tertiary alicyclic amines) is 1. The van der Waals surface area contributed by atoms with Crippen molar-refractivity contribution in [3.63, 3.8) is 0 Å². The molecule has 30 heavy (non-hydrogen) atoms. The molecule has 0 bridgehead atoms. The number of H-pyrrole nitrogens is 1. The molecule has 1 aromatic carbocycles. The lowest BCUT2D eigenvalue weighted by atomic mass is 10.1. The number of carbonyl (C=O) groups excluding carboxylic acids is 1. The fourth-order valence-electron chi connectivity index (χ4n) is 4.28. The maximum atomic E-state index is 12.7. The van der Waals surface area contributed by atoms with Crippen LogP contribution in [0.25, 0.3) is 10.9 Å². The SMILES string of the molecule is O=C(c1cc(Nc2nc(N3CCCCC3)nc3ccccc23)[nH]n1)N1CCCCC1. The van der Waals surface area contributed by atoms with Crippen molar-refractivity contribution >= 4 is 34.4 Å². The molecule has 1 amide bonds. The number of aromatic nitrogens is 4. The van der Waals surface area contributed by atoms with Crippen LogP contribution >= 0.6 is 0 Å². The predicted octanol–water partition coefficient (Wildman–Crippen LogP) is 3.71. The third-order valence-corrected chi connectivity index (χ3v) is 5.92. The molecule has 0 aliphatic carbocycles. The van der Waals surface area contributed by atoms with Crippen LogP contribution in [0.4, 0.5) is 17.6 Å². The van der Waals surface area contributed by atoms with Crippen LogP contribution in [0, 0.1) is 0 Å². The number of amides is 1. The standard InChI is InChI=1S/C22H27N7O/c30-21(28-11-5-1-6-12-28)18-15-19(27-26-18)24-20-16-9-3-4-10-17(16)23-22(25-20)29-13-7-2-8-14-29/h3-4,9-10,15H,1-2,5-8,11-14H2,(H2,23,24,25,26,27). The zero-order chi connectivity index (χ0) is 20.3. The number of piperidine rings is 2. The maximum absolute atomic E-state index is 12.7. The minimum absolute atomic E-state index is 0.0134. The fraction of sp³-hybridized carbons (Fsp3) is 0.455. The van der Waals surface area contributed by atoms with E-state index >= 15 is 0 Å². The number of benzene rings is 1. The summed E-state index contributed by atoms with van der Waals surface area (Å²) in [4.78, 5) is 26.5. The molecule has 2 fully saturated rings. The summed E-state index contributed by atoms with van der Waals surface area (Å²) in [7, 11) is 0. The van der Waals surface area contributed by atoms with Crippen molar-refractivity contribution in [1.29, 1.82) is 0 Å². The lowest BCUT2D eigenvalue weighted by molar-refractivity contribution is 0.0718. The van der Waals surface area contributed by atoms with Crippen molar-refractivity contribution < 1.29 is 4.79 Å². The summed E-state index contributed by atoms with van der Waals surface area (Å²) < 4.78 is 0. The highest BCUT2D eigenvalue weighted by Crippen LogP contribution is 2.27. The number of aromatic amines is 1. The number of para-hydroxylation sites is 1. The topological polar surface area (TPSA) is 90.0 Å². The van der Waals surface area contributed by atoms with Crippen LogP contribution in [0.2, 0.25) is 0 Å². The molecule has 8 nitrogen and oxygen atoms in total. The Morgan fingerprint density at radius 3 is 2.47 bits per heavy atom. The Balaban J connectivity index is 1.42. The van der Waals surface area contributed by atoms with Crippen molar-refractivity contribution in [2.24, 2.45) is 0 Å². The molecule has 0 radical (unpaired) electrons. The predicted molar refractivity (Wildman–Crippen MR) is 117 cm³/mol. The number of hydrogen-bond acceptors (Lipinski definition) is 6. The molecule has 0 unspecified atom stereocenters. The third kappa shape index (κ3) is 3.81. The van der Waals surface area contributed by atoms with Gasteiger partial charge in [-0.2, -0.15) is 10.1 Å². The van der Waals surface area contributed by atoms with Gasteiger partial charge in [0.1, 0.15) is 11.6 Å². The Hall–Kier alpha value is -3.16. The number of anilines is 3. The first-order chi connectivity index (χ1) is 14.8. The van der Waals surface area contributed by atoms with Gasteiger partial charge in [-0.25, -0.2) is 4.98 Å². The van der Waals surface area contributed by atoms with Crippen LogP contribution < -0.4 is 10.2 Å². The quantitative estimate of drug-likeness (QED) is 0.688. The first kappa shape index (κ1) is 18.8. The summed E-state index contributed by atoms with van der Waals surface area (Å²) in [6, 6.07) is 9.76. The van der Waals surface area contributed by atoms with E-state index in [-0.39, 0.29) is 5.91 Å². The van der Waals surface area contributed by atoms with E-state index < -0.39 is 0 Å². The molecule has 8 heteroatoms. The van der Waals surface area contributed by atoms with Crippen LogP contribution in [0.1, 0.15) is 49.0 Å². The molecular formula is C22H27N7O. The van der Waals surface area contributed by atoms with Crippen molar-refractivity contribution in [1.82, 2.24) is 25.1 Å². The van der Waals surface area contributed by atoms with Crippen molar-refractivity contribution in [2.75, 3.05) is 36.4 Å². The molecule has 2 aliphatic rings. The van der Waals surface area contributed by atoms with E-state index in [2.05, 4.69) is 20.4 Å². The first-order valence-electron chi connectivity index (χ1n) is 10.9. The van der Waals surface area contributed by atoms with E-state index in [0.717, 1.165) is 61.7 Å². The highest BCUT2D eigenvalue weighted by Gasteiger charge is 2.21. The van der Waals surface area contributed by atoms with Gasteiger partial charge in [-0.15, -0.1) is 0 Å². The Morgan fingerprint density at radius 1 is 0.933 bits per heavy atom. The molecule has 3 aromatic rings. The Labute approximate surface area is 175 Å². The van der Waals surface area contributed by atoms with Crippen LogP contribution in [-0.4, -0.2) is 57.2 Å². The molecule has 2 aliphatic heterocycles. The number of nitrogens with one attached hydrogen (secondary N) is 2. The molecule has 5 rings (SSSR count). The molecule has 0 spiro atoms. The normalized spacial score (nSPS) is 17.3. The second-order valence-electron chi connectivity index (χ2n) is 8.08. The van der Waals surface area contributed by atoms with Gasteiger partial charge in [0, 0.05) is 37.6 Å². The summed E-state index contributed by atoms with van der Waals surface area (Å²) in [5, 5.41) is 11.5. The van der Waals surface area contributed by atoms with Gasteiger partial charge in [0.2, 0.25) is 5.95 Å². The average Bonchev–Trinajstić information content (AvgIpc) is 3.28. The summed E-state index contributed by atoms with van der Waals surface area (Å²) >= 11 is 0. The van der Waals surface area contributed by atoms with Gasteiger partial charge < -0.3 is 15.1 Å². The van der Waals surface area contributed by atoms with Crippen molar-refractivity contribution in [3.8, 4) is 0 Å². The Morgan fingerprint density at radius 2 is 1.67 bits per heavy atom. The smallest absolute Gasteiger partial charge is 0.274 e. The van der Waals surface area contributed by atoms with Gasteiger partial charge in [-0.1, -0.05) is 12.1 Å². The highest BCUT2D eigenvalue weighted by molar-refractivity contribution is 5.94. The van der Waals surface area contributed by atoms with E-state index in [1.54, 1.807) is 6.07 Å². The average molecular weight is 406 g/mol. The minimum Gasteiger partial charge on any atom is -0.341 e. The zero-order valence-electron chi connectivity index (χ0n) is 17.1. The minimum atomic E-state index is -0.0134. The molecule has 2 saturated heterocycles. The highest BCUT2D eigenvalue weighted by atomic mass is 16.2. The lowest BCUT2D eigenvalue weighted by Crippen LogP contribution is -2.35. The maximum Gasteiger partial charge on any atom is 0.274 e. The summed E-state index contributed by atoms with van der Waals surface area (Å²) in [6.07, 6.45) is 6.92. The number of fused-ring (bicyclic) bond motifs is 1. The van der Waals surface area contributed by atoms with Gasteiger partial charge >= 0.3 is 0 Å². The zero-order valence-corrected chi connectivity index (χ0v) is 17.1. The van der Waals surface area contributed by atoms with Crippen LogP contribution in [0.3, 0.4) is 0 Å². The molecule has 0 atom stereocenters.